The first-order valence-electron chi connectivity index (χ1n) is 5.48. The van der Waals surface area contributed by atoms with Crippen molar-refractivity contribution in [2.24, 2.45) is 10.9 Å². The number of amides is 1. The van der Waals surface area contributed by atoms with E-state index in [1.165, 1.54) is 11.8 Å². The molecule has 0 fully saturated rings. The number of hydrogen-bond acceptors (Lipinski definition) is 4. The maximum atomic E-state index is 12.0. The molecule has 1 unspecified atom stereocenters. The summed E-state index contributed by atoms with van der Waals surface area (Å²) in [5.74, 6) is -0.0564. The molecule has 0 spiro atoms. The van der Waals surface area contributed by atoms with Crippen molar-refractivity contribution in [2.45, 2.75) is 24.3 Å². The molecule has 0 aliphatic heterocycles. The minimum Gasteiger partial charge on any atom is -0.409 e. The summed E-state index contributed by atoms with van der Waals surface area (Å²) in [5, 5.41) is 14.2. The zero-order valence-corrected chi connectivity index (χ0v) is 11.2. The molecule has 0 radical (unpaired) electrons. The van der Waals surface area contributed by atoms with Crippen molar-refractivity contribution in [1.29, 1.82) is 0 Å². The Bertz CT molecular complexity index is 449. The molecule has 1 aromatic rings. The van der Waals surface area contributed by atoms with Gasteiger partial charge in [0, 0.05) is 17.4 Å². The van der Waals surface area contributed by atoms with Gasteiger partial charge in [-0.1, -0.05) is 17.3 Å². The first-order valence-corrected chi connectivity index (χ1v) is 6.71. The molecule has 0 aliphatic carbocycles. The Kier molecular flexibility index (Phi) is 5.51. The number of benzene rings is 1. The Morgan fingerprint density at radius 1 is 1.56 bits per heavy atom. The van der Waals surface area contributed by atoms with E-state index in [4.69, 9.17) is 10.9 Å². The van der Waals surface area contributed by atoms with E-state index in [9.17, 15) is 4.79 Å². The lowest BCUT2D eigenvalue weighted by atomic mass is 10.1. The molecule has 0 heterocycles. The third kappa shape index (κ3) is 3.96. The third-order valence-electron chi connectivity index (χ3n) is 2.37. The molecule has 0 aromatic heterocycles. The number of amidine groups is 1. The summed E-state index contributed by atoms with van der Waals surface area (Å²) in [4.78, 5) is 13.0. The topological polar surface area (TPSA) is 87.7 Å². The number of nitrogens with one attached hydrogen (secondary N) is 1. The zero-order chi connectivity index (χ0) is 13.5. The number of rotatable bonds is 5. The lowest BCUT2D eigenvalue weighted by molar-refractivity contribution is 0.0938. The van der Waals surface area contributed by atoms with Gasteiger partial charge >= 0.3 is 0 Å². The predicted molar refractivity (Wildman–Crippen MR) is 73.2 cm³/mol. The molecule has 1 amide bonds. The number of nitrogens with two attached hydrogens (primary N) is 1. The van der Waals surface area contributed by atoms with Gasteiger partial charge in [0.1, 0.15) is 5.84 Å². The van der Waals surface area contributed by atoms with Crippen molar-refractivity contribution in [1.82, 2.24) is 5.32 Å². The quantitative estimate of drug-likeness (QED) is 0.249. The van der Waals surface area contributed by atoms with E-state index in [0.717, 1.165) is 4.90 Å². The maximum Gasteiger partial charge on any atom is 0.252 e. The highest BCUT2D eigenvalue weighted by Gasteiger charge is 2.13. The first-order chi connectivity index (χ1) is 8.58. The van der Waals surface area contributed by atoms with E-state index in [0.29, 0.717) is 12.0 Å². The van der Waals surface area contributed by atoms with Gasteiger partial charge in [0.25, 0.3) is 5.91 Å². The van der Waals surface area contributed by atoms with Gasteiger partial charge in [-0.15, -0.1) is 11.8 Å². The van der Waals surface area contributed by atoms with Crippen molar-refractivity contribution in [2.75, 3.05) is 6.26 Å². The minimum atomic E-state index is -0.191. The molecule has 98 valence electrons. The Labute approximate surface area is 110 Å². The molecule has 0 aliphatic rings. The molecule has 0 bridgehead atoms. The maximum absolute atomic E-state index is 12.0. The smallest absolute Gasteiger partial charge is 0.252 e. The molecular formula is C12H17N3O2S. The van der Waals surface area contributed by atoms with Crippen molar-refractivity contribution in [3.8, 4) is 0 Å². The van der Waals surface area contributed by atoms with Crippen LogP contribution in [0.25, 0.3) is 0 Å². The standard InChI is InChI=1S/C12H17N3O2S/c1-8(7-11(13)15-17)14-12(16)9-5-3-4-6-10(9)18-2/h3-6,8,17H,7H2,1-2H3,(H2,13,15)(H,14,16). The van der Waals surface area contributed by atoms with Crippen LogP contribution in [0.4, 0.5) is 0 Å². The van der Waals surface area contributed by atoms with Crippen LogP contribution in [0.1, 0.15) is 23.7 Å². The van der Waals surface area contributed by atoms with Crippen LogP contribution in [0.2, 0.25) is 0 Å². The molecule has 1 atom stereocenters. The van der Waals surface area contributed by atoms with Gasteiger partial charge in [-0.3, -0.25) is 4.79 Å². The molecule has 0 saturated heterocycles. The lowest BCUT2D eigenvalue weighted by Gasteiger charge is -2.14. The van der Waals surface area contributed by atoms with E-state index in [1.54, 1.807) is 13.0 Å². The number of nitrogens with zero attached hydrogens (tertiary/aromatic N) is 1. The van der Waals surface area contributed by atoms with Gasteiger partial charge in [0.05, 0.1) is 5.56 Å². The second kappa shape index (κ2) is 6.90. The Morgan fingerprint density at radius 3 is 2.83 bits per heavy atom. The van der Waals surface area contributed by atoms with Gasteiger partial charge in [-0.05, 0) is 25.3 Å². The highest BCUT2D eigenvalue weighted by Crippen LogP contribution is 2.19. The Morgan fingerprint density at radius 2 is 2.22 bits per heavy atom. The molecule has 4 N–H and O–H groups in total. The minimum absolute atomic E-state index is 0.0981. The second-order valence-corrected chi connectivity index (χ2v) is 4.72. The molecule has 1 rings (SSSR count). The number of hydrogen-bond donors (Lipinski definition) is 3. The third-order valence-corrected chi connectivity index (χ3v) is 3.17. The Hall–Kier alpha value is -1.69. The Balaban J connectivity index is 2.70. The normalized spacial score (nSPS) is 13.1. The molecule has 5 nitrogen and oxygen atoms in total. The van der Waals surface area contributed by atoms with Crippen LogP contribution in [0.15, 0.2) is 34.3 Å². The van der Waals surface area contributed by atoms with Gasteiger partial charge in [-0.25, -0.2) is 0 Å². The number of carbonyl (C=O) groups is 1. The van der Waals surface area contributed by atoms with Crippen molar-refractivity contribution in [3.63, 3.8) is 0 Å². The van der Waals surface area contributed by atoms with Crippen molar-refractivity contribution >= 4 is 23.5 Å². The number of thioether (sulfide) groups is 1. The van der Waals surface area contributed by atoms with Crippen molar-refractivity contribution in [3.05, 3.63) is 29.8 Å². The van der Waals surface area contributed by atoms with E-state index in [-0.39, 0.29) is 17.8 Å². The average Bonchev–Trinajstić information content (AvgIpc) is 2.38. The fourth-order valence-electron chi connectivity index (χ4n) is 1.54. The predicted octanol–water partition coefficient (Wildman–Crippen LogP) is 1.66. The average molecular weight is 267 g/mol. The highest BCUT2D eigenvalue weighted by molar-refractivity contribution is 7.98. The number of carbonyl (C=O) groups excluding carboxylic acids is 1. The lowest BCUT2D eigenvalue weighted by Crippen LogP contribution is -2.36. The van der Waals surface area contributed by atoms with E-state index in [1.807, 2.05) is 24.5 Å². The van der Waals surface area contributed by atoms with Crippen LogP contribution in [-0.4, -0.2) is 29.2 Å². The number of oxime groups is 1. The van der Waals surface area contributed by atoms with E-state index < -0.39 is 0 Å². The molecule has 6 heteroatoms. The van der Waals surface area contributed by atoms with Gasteiger partial charge in [0.15, 0.2) is 0 Å². The summed E-state index contributed by atoms with van der Waals surface area (Å²) in [6.45, 7) is 1.80. The second-order valence-electron chi connectivity index (χ2n) is 3.87. The summed E-state index contributed by atoms with van der Waals surface area (Å²) in [5.41, 5.74) is 6.02. The van der Waals surface area contributed by atoms with Crippen LogP contribution < -0.4 is 11.1 Å². The van der Waals surface area contributed by atoms with Crippen LogP contribution >= 0.6 is 11.8 Å². The highest BCUT2D eigenvalue weighted by atomic mass is 32.2. The fourth-order valence-corrected chi connectivity index (χ4v) is 2.13. The zero-order valence-electron chi connectivity index (χ0n) is 10.4. The van der Waals surface area contributed by atoms with Gasteiger partial charge in [-0.2, -0.15) is 0 Å². The molecular weight excluding hydrogens is 250 g/mol. The van der Waals surface area contributed by atoms with Crippen LogP contribution in [0.3, 0.4) is 0 Å². The largest absolute Gasteiger partial charge is 0.409 e. The monoisotopic (exact) mass is 267 g/mol. The summed E-state index contributed by atoms with van der Waals surface area (Å²) < 4.78 is 0. The summed E-state index contributed by atoms with van der Waals surface area (Å²) >= 11 is 1.52. The van der Waals surface area contributed by atoms with E-state index in [2.05, 4.69) is 10.5 Å². The molecule has 0 saturated carbocycles. The summed E-state index contributed by atoms with van der Waals surface area (Å²) in [6.07, 6.45) is 2.23. The first kappa shape index (κ1) is 14.4. The van der Waals surface area contributed by atoms with Gasteiger partial charge in [0.2, 0.25) is 0 Å². The summed E-state index contributed by atoms with van der Waals surface area (Å²) in [7, 11) is 0. The fraction of sp³-hybridized carbons (Fsp3) is 0.333. The van der Waals surface area contributed by atoms with Crippen LogP contribution in [-0.2, 0) is 0 Å². The van der Waals surface area contributed by atoms with Crippen molar-refractivity contribution < 1.29 is 10.0 Å². The molecule has 18 heavy (non-hydrogen) atoms. The molecule has 1 aromatic carbocycles. The summed E-state index contributed by atoms with van der Waals surface area (Å²) in [6, 6.07) is 7.19. The van der Waals surface area contributed by atoms with E-state index >= 15 is 0 Å². The van der Waals surface area contributed by atoms with Crippen LogP contribution in [0, 0.1) is 0 Å². The van der Waals surface area contributed by atoms with Crippen LogP contribution in [0.5, 0.6) is 0 Å². The van der Waals surface area contributed by atoms with Gasteiger partial charge < -0.3 is 16.3 Å². The SMILES string of the molecule is CSc1ccccc1C(=O)NC(C)CC(N)=NO.